The minimum Gasteiger partial charge on any atom is -0.434 e. The Morgan fingerprint density at radius 1 is 1.11 bits per heavy atom. The molecule has 96 valence electrons. The highest BCUT2D eigenvalue weighted by Gasteiger charge is 2.17. The molecule has 0 spiro atoms. The van der Waals surface area contributed by atoms with Gasteiger partial charge in [0.2, 0.25) is 0 Å². The highest BCUT2D eigenvalue weighted by Crippen LogP contribution is 2.25. The molecule has 2 rings (SSSR count). The lowest BCUT2D eigenvalue weighted by atomic mass is 9.95. The number of rotatable bonds is 1. The molecule has 1 aromatic carbocycles. The van der Waals surface area contributed by atoms with E-state index < -0.39 is 0 Å². The topological polar surface area (TPSA) is 25.5 Å². The zero-order valence-corrected chi connectivity index (χ0v) is 12.7. The van der Waals surface area contributed by atoms with E-state index in [-0.39, 0.29) is 5.41 Å². The summed E-state index contributed by atoms with van der Waals surface area (Å²) in [6.07, 6.45) is 0. The largest absolute Gasteiger partial charge is 0.434 e. The first-order valence-corrected chi connectivity index (χ1v) is 7.08. The molecular formula is C13H13Cl2NOS. The molecule has 0 aliphatic carbocycles. The molecule has 0 aliphatic heterocycles. The van der Waals surface area contributed by atoms with E-state index in [0.717, 1.165) is 5.76 Å². The van der Waals surface area contributed by atoms with Gasteiger partial charge < -0.3 is 4.42 Å². The van der Waals surface area contributed by atoms with E-state index in [4.69, 9.17) is 27.6 Å². The van der Waals surface area contributed by atoms with E-state index in [9.17, 15) is 0 Å². The average molecular weight is 302 g/mol. The lowest BCUT2D eigenvalue weighted by Crippen LogP contribution is -2.10. The molecule has 0 unspecified atom stereocenters. The second-order valence-electron chi connectivity index (χ2n) is 4.96. The molecule has 0 saturated carbocycles. The highest BCUT2D eigenvalue weighted by atomic mass is 35.5. The summed E-state index contributed by atoms with van der Waals surface area (Å²) in [7, 11) is 0. The van der Waals surface area contributed by atoms with Gasteiger partial charge in [-0.05, 0) is 18.2 Å². The molecule has 5 heteroatoms. The smallest absolute Gasteiger partial charge is 0.278 e. The van der Waals surface area contributed by atoms with Crippen LogP contribution in [-0.4, -0.2) is 0 Å². The first-order chi connectivity index (χ1) is 8.34. The maximum absolute atomic E-state index is 5.92. The second-order valence-corrected chi connectivity index (χ2v) is 6.65. The Morgan fingerprint density at radius 2 is 1.72 bits per heavy atom. The van der Waals surface area contributed by atoms with E-state index in [0.29, 0.717) is 20.6 Å². The maximum Gasteiger partial charge on any atom is 0.278 e. The minimum atomic E-state index is -0.0176. The molecule has 2 nitrogen and oxygen atoms in total. The van der Waals surface area contributed by atoms with Crippen LogP contribution >= 0.6 is 34.5 Å². The van der Waals surface area contributed by atoms with E-state index in [1.165, 1.54) is 11.3 Å². The van der Waals surface area contributed by atoms with Crippen LogP contribution in [0.3, 0.4) is 0 Å². The SMILES string of the molecule is CC(C)(C)c1csc(=Nc2cc(Cl)cc(Cl)c2)o1. The summed E-state index contributed by atoms with van der Waals surface area (Å²) in [6.45, 7) is 6.29. The molecule has 0 bridgehead atoms. The van der Waals surface area contributed by atoms with Crippen LogP contribution in [0.5, 0.6) is 0 Å². The lowest BCUT2D eigenvalue weighted by Gasteiger charge is -2.12. The molecule has 0 fully saturated rings. The van der Waals surface area contributed by atoms with Crippen molar-refractivity contribution in [1.29, 1.82) is 0 Å². The van der Waals surface area contributed by atoms with Gasteiger partial charge in [-0.3, -0.25) is 0 Å². The maximum atomic E-state index is 5.92. The van der Waals surface area contributed by atoms with Gasteiger partial charge in [-0.25, -0.2) is 4.99 Å². The number of hydrogen-bond acceptors (Lipinski definition) is 3. The molecule has 0 radical (unpaired) electrons. The van der Waals surface area contributed by atoms with Crippen LogP contribution in [0.15, 0.2) is 33.0 Å². The van der Waals surface area contributed by atoms with Gasteiger partial charge in [0.25, 0.3) is 4.87 Å². The normalized spacial score (nSPS) is 13.1. The van der Waals surface area contributed by atoms with Gasteiger partial charge in [0.05, 0.1) is 5.69 Å². The Bertz CT molecular complexity index is 602. The van der Waals surface area contributed by atoms with Crippen LogP contribution in [0.4, 0.5) is 5.69 Å². The van der Waals surface area contributed by atoms with E-state index in [2.05, 4.69) is 25.8 Å². The first-order valence-electron chi connectivity index (χ1n) is 5.44. The predicted molar refractivity (Wildman–Crippen MR) is 77.0 cm³/mol. The van der Waals surface area contributed by atoms with Crippen LogP contribution in [0.25, 0.3) is 0 Å². The van der Waals surface area contributed by atoms with Crippen LogP contribution < -0.4 is 4.87 Å². The van der Waals surface area contributed by atoms with Crippen molar-refractivity contribution in [3.05, 3.63) is 44.3 Å². The van der Waals surface area contributed by atoms with Crippen LogP contribution in [0.1, 0.15) is 26.5 Å². The molecule has 0 saturated heterocycles. The summed E-state index contributed by atoms with van der Waals surface area (Å²) < 4.78 is 5.70. The summed E-state index contributed by atoms with van der Waals surface area (Å²) in [5.41, 5.74) is 0.675. The third-order valence-electron chi connectivity index (χ3n) is 2.27. The van der Waals surface area contributed by atoms with Gasteiger partial charge in [0, 0.05) is 20.8 Å². The quantitative estimate of drug-likeness (QED) is 0.712. The standard InChI is InChI=1S/C13H13Cl2NOS/c1-13(2,3)11-7-18-12(17-11)16-10-5-8(14)4-9(15)6-10/h4-7H,1-3H3. The molecule has 1 heterocycles. The van der Waals surface area contributed by atoms with Crippen molar-refractivity contribution in [2.45, 2.75) is 26.2 Å². The first kappa shape index (κ1) is 13.7. The molecule has 2 aromatic rings. The number of halogens is 2. The Hall–Kier alpha value is -0.770. The molecule has 0 amide bonds. The Labute approximate surface area is 120 Å². The van der Waals surface area contributed by atoms with Crippen molar-refractivity contribution in [2.75, 3.05) is 0 Å². The number of benzene rings is 1. The Balaban J connectivity index is 2.42. The van der Waals surface area contributed by atoms with Crippen molar-refractivity contribution >= 4 is 40.2 Å². The van der Waals surface area contributed by atoms with Crippen molar-refractivity contribution in [3.63, 3.8) is 0 Å². The fourth-order valence-corrected chi connectivity index (χ4v) is 2.75. The van der Waals surface area contributed by atoms with Crippen LogP contribution in [0, 0.1) is 0 Å². The fraction of sp³-hybridized carbons (Fsp3) is 0.308. The second kappa shape index (κ2) is 5.08. The minimum absolute atomic E-state index is 0.0176. The highest BCUT2D eigenvalue weighted by molar-refractivity contribution is 7.07. The van der Waals surface area contributed by atoms with Gasteiger partial charge >= 0.3 is 0 Å². The molecule has 0 N–H and O–H groups in total. The van der Waals surface area contributed by atoms with Gasteiger partial charge in [-0.2, -0.15) is 0 Å². The summed E-state index contributed by atoms with van der Waals surface area (Å²) in [5.74, 6) is 0.916. The van der Waals surface area contributed by atoms with Gasteiger partial charge in [0.1, 0.15) is 5.76 Å². The van der Waals surface area contributed by atoms with Crippen molar-refractivity contribution in [2.24, 2.45) is 4.99 Å². The van der Waals surface area contributed by atoms with Crippen molar-refractivity contribution < 1.29 is 4.42 Å². The van der Waals surface area contributed by atoms with Gasteiger partial charge in [-0.15, -0.1) is 0 Å². The van der Waals surface area contributed by atoms with Crippen molar-refractivity contribution in [1.82, 2.24) is 0 Å². The third-order valence-corrected chi connectivity index (χ3v) is 3.42. The monoisotopic (exact) mass is 301 g/mol. The molecule has 0 atom stereocenters. The summed E-state index contributed by atoms with van der Waals surface area (Å²) in [6, 6.07) is 5.17. The summed E-state index contributed by atoms with van der Waals surface area (Å²) in [5, 5.41) is 3.10. The molecule has 18 heavy (non-hydrogen) atoms. The number of nitrogens with zero attached hydrogens (tertiary/aromatic N) is 1. The average Bonchev–Trinajstić information content (AvgIpc) is 2.63. The summed E-state index contributed by atoms with van der Waals surface area (Å²) in [4.78, 5) is 4.98. The van der Waals surface area contributed by atoms with Crippen LogP contribution in [-0.2, 0) is 5.41 Å². The van der Waals surface area contributed by atoms with E-state index in [1.807, 2.05) is 5.38 Å². The van der Waals surface area contributed by atoms with Gasteiger partial charge in [-0.1, -0.05) is 55.3 Å². The fourth-order valence-electron chi connectivity index (χ4n) is 1.33. The molecular weight excluding hydrogens is 289 g/mol. The van der Waals surface area contributed by atoms with Crippen LogP contribution in [0.2, 0.25) is 10.0 Å². The van der Waals surface area contributed by atoms with Gasteiger partial charge in [0.15, 0.2) is 0 Å². The Kier molecular flexibility index (Phi) is 3.85. The molecule has 0 aliphatic rings. The van der Waals surface area contributed by atoms with Crippen molar-refractivity contribution in [3.8, 4) is 0 Å². The Morgan fingerprint density at radius 3 is 2.22 bits per heavy atom. The van der Waals surface area contributed by atoms with E-state index in [1.54, 1.807) is 18.2 Å². The lowest BCUT2D eigenvalue weighted by molar-refractivity contribution is 0.388. The zero-order chi connectivity index (χ0) is 13.3. The number of hydrogen-bond donors (Lipinski definition) is 0. The zero-order valence-electron chi connectivity index (χ0n) is 10.3. The summed E-state index contributed by atoms with van der Waals surface area (Å²) >= 11 is 13.3. The predicted octanol–water partition coefficient (Wildman–Crippen LogP) is 5.18. The van der Waals surface area contributed by atoms with E-state index >= 15 is 0 Å². The third kappa shape index (κ3) is 3.37. The molecule has 1 aromatic heterocycles.